The fourth-order valence-corrected chi connectivity index (χ4v) is 4.87. The van der Waals surface area contributed by atoms with Crippen LogP contribution in [0.5, 0.6) is 5.75 Å². The molecule has 4 aromatic rings. The summed E-state index contributed by atoms with van der Waals surface area (Å²) in [7, 11) is 0. The second-order valence-electron chi connectivity index (χ2n) is 8.00. The van der Waals surface area contributed by atoms with Crippen LogP contribution in [0.1, 0.15) is 22.3 Å². The van der Waals surface area contributed by atoms with E-state index in [1.807, 2.05) is 0 Å². The Labute approximate surface area is 176 Å². The summed E-state index contributed by atoms with van der Waals surface area (Å²) in [6.45, 7) is 1.43. The first-order chi connectivity index (χ1) is 14.9. The van der Waals surface area contributed by atoms with Gasteiger partial charge < -0.3 is 9.47 Å². The minimum absolute atomic E-state index is 0.258. The van der Waals surface area contributed by atoms with Gasteiger partial charge in [0.25, 0.3) is 0 Å². The van der Waals surface area contributed by atoms with Gasteiger partial charge in [0.05, 0.1) is 12.0 Å². The van der Waals surface area contributed by atoms with Crippen LogP contribution in [-0.2, 0) is 10.2 Å². The molecule has 1 aliphatic carbocycles. The van der Waals surface area contributed by atoms with Crippen molar-refractivity contribution in [2.24, 2.45) is 0 Å². The quantitative estimate of drug-likeness (QED) is 0.352. The minimum Gasteiger partial charge on any atom is -0.491 e. The summed E-state index contributed by atoms with van der Waals surface area (Å²) in [5, 5.41) is 0. The SMILES string of the molecule is c1ccc(C2(c3ccc(OCC4CO4)cc3)c3ccccc3-c3ccccc32)cc1. The second-order valence-corrected chi connectivity index (χ2v) is 8.00. The molecule has 1 aliphatic heterocycles. The molecule has 4 aromatic carbocycles. The Hall–Kier alpha value is -3.36. The van der Waals surface area contributed by atoms with Crippen LogP contribution >= 0.6 is 0 Å². The molecule has 1 fully saturated rings. The Morgan fingerprint density at radius 1 is 0.667 bits per heavy atom. The molecular formula is C28H22O2. The number of hydrogen-bond acceptors (Lipinski definition) is 2. The van der Waals surface area contributed by atoms with Crippen molar-refractivity contribution in [1.29, 1.82) is 0 Å². The third kappa shape index (κ3) is 2.61. The van der Waals surface area contributed by atoms with Gasteiger partial charge in [0, 0.05) is 0 Å². The summed E-state index contributed by atoms with van der Waals surface area (Å²) >= 11 is 0. The fourth-order valence-electron chi connectivity index (χ4n) is 4.87. The maximum Gasteiger partial charge on any atom is 0.119 e. The van der Waals surface area contributed by atoms with Gasteiger partial charge in [0.2, 0.25) is 0 Å². The summed E-state index contributed by atoms with van der Waals surface area (Å²) in [6, 6.07) is 37.0. The zero-order valence-corrected chi connectivity index (χ0v) is 16.6. The van der Waals surface area contributed by atoms with Gasteiger partial charge in [0.15, 0.2) is 0 Å². The highest BCUT2D eigenvalue weighted by Gasteiger charge is 2.45. The van der Waals surface area contributed by atoms with Gasteiger partial charge in [-0.15, -0.1) is 0 Å². The van der Waals surface area contributed by atoms with E-state index in [1.165, 1.54) is 33.4 Å². The molecule has 0 bridgehead atoms. The topological polar surface area (TPSA) is 21.8 Å². The predicted molar refractivity (Wildman–Crippen MR) is 119 cm³/mol. The number of ether oxygens (including phenoxy) is 2. The molecule has 0 spiro atoms. The van der Waals surface area contributed by atoms with Crippen molar-refractivity contribution in [3.8, 4) is 16.9 Å². The van der Waals surface area contributed by atoms with E-state index < -0.39 is 0 Å². The smallest absolute Gasteiger partial charge is 0.119 e. The Balaban J connectivity index is 1.57. The van der Waals surface area contributed by atoms with E-state index in [0.29, 0.717) is 6.61 Å². The van der Waals surface area contributed by atoms with Crippen molar-refractivity contribution in [1.82, 2.24) is 0 Å². The number of epoxide rings is 1. The molecule has 0 amide bonds. The number of rotatable bonds is 5. The zero-order valence-electron chi connectivity index (χ0n) is 16.6. The van der Waals surface area contributed by atoms with Crippen molar-refractivity contribution < 1.29 is 9.47 Å². The van der Waals surface area contributed by atoms with E-state index in [-0.39, 0.29) is 11.5 Å². The lowest BCUT2D eigenvalue weighted by Gasteiger charge is -2.33. The monoisotopic (exact) mass is 390 g/mol. The van der Waals surface area contributed by atoms with Crippen LogP contribution in [0.25, 0.3) is 11.1 Å². The Morgan fingerprint density at radius 2 is 1.20 bits per heavy atom. The van der Waals surface area contributed by atoms with E-state index >= 15 is 0 Å². The summed E-state index contributed by atoms with van der Waals surface area (Å²) in [5.74, 6) is 0.886. The largest absolute Gasteiger partial charge is 0.491 e. The normalized spacial score (nSPS) is 17.8. The Bertz CT molecular complexity index is 1150. The summed E-state index contributed by atoms with van der Waals surface area (Å²) in [4.78, 5) is 0. The van der Waals surface area contributed by atoms with Gasteiger partial charge in [-0.1, -0.05) is 91.0 Å². The zero-order chi connectivity index (χ0) is 20.0. The van der Waals surface area contributed by atoms with E-state index in [1.54, 1.807) is 0 Å². The predicted octanol–water partition coefficient (Wildman–Crippen LogP) is 5.83. The first-order valence-corrected chi connectivity index (χ1v) is 10.5. The molecule has 6 rings (SSSR count). The van der Waals surface area contributed by atoms with Gasteiger partial charge in [-0.25, -0.2) is 0 Å². The molecule has 0 saturated carbocycles. The molecule has 1 heterocycles. The van der Waals surface area contributed by atoms with Gasteiger partial charge in [-0.2, -0.15) is 0 Å². The number of hydrogen-bond donors (Lipinski definition) is 0. The highest BCUT2D eigenvalue weighted by atomic mass is 16.6. The van der Waals surface area contributed by atoms with Crippen LogP contribution in [-0.4, -0.2) is 19.3 Å². The fraction of sp³-hybridized carbons (Fsp3) is 0.143. The molecule has 0 aromatic heterocycles. The van der Waals surface area contributed by atoms with Gasteiger partial charge in [-0.3, -0.25) is 0 Å². The molecule has 2 aliphatic rings. The second kappa shape index (κ2) is 6.86. The van der Waals surface area contributed by atoms with Crippen molar-refractivity contribution in [2.75, 3.05) is 13.2 Å². The third-order valence-electron chi connectivity index (χ3n) is 6.28. The number of fused-ring (bicyclic) bond motifs is 3. The van der Waals surface area contributed by atoms with Crippen molar-refractivity contribution in [3.05, 3.63) is 125 Å². The van der Waals surface area contributed by atoms with Gasteiger partial charge >= 0.3 is 0 Å². The Kier molecular flexibility index (Phi) is 4.00. The molecule has 2 nitrogen and oxygen atoms in total. The van der Waals surface area contributed by atoms with Crippen LogP contribution in [0.2, 0.25) is 0 Å². The van der Waals surface area contributed by atoms with Crippen molar-refractivity contribution >= 4 is 0 Å². The highest BCUT2D eigenvalue weighted by molar-refractivity contribution is 5.86. The van der Waals surface area contributed by atoms with E-state index in [0.717, 1.165) is 12.4 Å². The van der Waals surface area contributed by atoms with Crippen LogP contribution in [0.3, 0.4) is 0 Å². The molecule has 30 heavy (non-hydrogen) atoms. The third-order valence-corrected chi connectivity index (χ3v) is 6.28. The summed E-state index contributed by atoms with van der Waals surface area (Å²) < 4.78 is 11.2. The van der Waals surface area contributed by atoms with Crippen LogP contribution < -0.4 is 4.74 Å². The molecular weight excluding hydrogens is 368 g/mol. The first-order valence-electron chi connectivity index (χ1n) is 10.5. The van der Waals surface area contributed by atoms with E-state index in [4.69, 9.17) is 9.47 Å². The summed E-state index contributed by atoms with van der Waals surface area (Å²) in [5.41, 5.74) is 7.47. The average molecular weight is 390 g/mol. The average Bonchev–Trinajstić information content (AvgIpc) is 3.60. The molecule has 1 unspecified atom stereocenters. The molecule has 0 radical (unpaired) electrons. The lowest BCUT2D eigenvalue weighted by molar-refractivity contribution is 0.263. The van der Waals surface area contributed by atoms with Crippen LogP contribution in [0.4, 0.5) is 0 Å². The molecule has 0 N–H and O–H groups in total. The molecule has 146 valence electrons. The molecule has 1 atom stereocenters. The first kappa shape index (κ1) is 17.5. The molecule has 1 saturated heterocycles. The minimum atomic E-state index is -0.341. The van der Waals surface area contributed by atoms with E-state index in [2.05, 4.69) is 103 Å². The van der Waals surface area contributed by atoms with Crippen LogP contribution in [0.15, 0.2) is 103 Å². The standard InChI is InChI=1S/C28H22O2/c1-2-8-20(9-3-1)28(21-14-16-22(17-15-21)29-18-23-19-30-23)26-12-6-4-10-24(26)25-11-5-7-13-27(25)28/h1-17,23H,18-19H2. The van der Waals surface area contributed by atoms with Crippen molar-refractivity contribution in [2.45, 2.75) is 11.5 Å². The van der Waals surface area contributed by atoms with Crippen molar-refractivity contribution in [3.63, 3.8) is 0 Å². The maximum atomic E-state index is 5.90. The lowest BCUT2D eigenvalue weighted by Crippen LogP contribution is -2.28. The molecule has 2 heteroatoms. The van der Waals surface area contributed by atoms with E-state index in [9.17, 15) is 0 Å². The highest BCUT2D eigenvalue weighted by Crippen LogP contribution is 2.55. The lowest BCUT2D eigenvalue weighted by atomic mass is 9.68. The van der Waals surface area contributed by atoms with Crippen LogP contribution in [0, 0.1) is 0 Å². The van der Waals surface area contributed by atoms with Gasteiger partial charge in [0.1, 0.15) is 18.5 Å². The maximum absolute atomic E-state index is 5.90. The van der Waals surface area contributed by atoms with Gasteiger partial charge in [-0.05, 0) is 45.5 Å². The number of benzene rings is 4. The summed E-state index contributed by atoms with van der Waals surface area (Å²) in [6.07, 6.45) is 0.258. The Morgan fingerprint density at radius 3 is 1.80 bits per heavy atom.